The fourth-order valence-electron chi connectivity index (χ4n) is 3.87. The molecule has 0 saturated carbocycles. The van der Waals surface area contributed by atoms with E-state index < -0.39 is 6.10 Å². The average molecular weight is 451 g/mol. The van der Waals surface area contributed by atoms with E-state index >= 15 is 0 Å². The normalized spacial score (nSPS) is 16.2. The minimum atomic E-state index is -0.712. The van der Waals surface area contributed by atoms with Crippen LogP contribution in [0.15, 0.2) is 71.7 Å². The molecule has 0 fully saturated rings. The average Bonchev–Trinajstić information content (AvgIpc) is 2.82. The Hall–Kier alpha value is -3.65. The van der Waals surface area contributed by atoms with Gasteiger partial charge in [-0.15, -0.1) is 0 Å². The number of rotatable bonds is 8. The first-order valence-corrected chi connectivity index (χ1v) is 10.8. The highest BCUT2D eigenvalue weighted by Crippen LogP contribution is 2.25. The zero-order chi connectivity index (χ0) is 23.4. The van der Waals surface area contributed by atoms with Gasteiger partial charge in [0.05, 0.1) is 6.10 Å². The molecule has 2 atom stereocenters. The summed E-state index contributed by atoms with van der Waals surface area (Å²) in [5.41, 5.74) is 4.58. The molecule has 3 aromatic rings. The zero-order valence-corrected chi connectivity index (χ0v) is 18.3. The van der Waals surface area contributed by atoms with E-state index in [0.717, 1.165) is 5.56 Å². The Morgan fingerprint density at radius 3 is 2.55 bits per heavy atom. The van der Waals surface area contributed by atoms with E-state index in [9.17, 15) is 19.1 Å². The number of halogens is 1. The van der Waals surface area contributed by atoms with Crippen LogP contribution >= 0.6 is 0 Å². The Balaban J connectivity index is 1.43. The van der Waals surface area contributed by atoms with Crippen molar-refractivity contribution in [3.8, 4) is 5.75 Å². The van der Waals surface area contributed by atoms with Crippen LogP contribution in [-0.4, -0.2) is 33.8 Å². The van der Waals surface area contributed by atoms with Crippen LogP contribution in [0.1, 0.15) is 47.0 Å². The molecule has 172 valence electrons. The maximum absolute atomic E-state index is 13.1. The molecule has 8 heteroatoms. The molecule has 2 unspecified atom stereocenters. The number of benzene rings is 2. The van der Waals surface area contributed by atoms with Crippen molar-refractivity contribution >= 4 is 5.91 Å². The van der Waals surface area contributed by atoms with Gasteiger partial charge in [-0.3, -0.25) is 14.3 Å². The van der Waals surface area contributed by atoms with Gasteiger partial charge in [0.25, 0.3) is 5.91 Å². The predicted octanol–water partition coefficient (Wildman–Crippen LogP) is 3.43. The summed E-state index contributed by atoms with van der Waals surface area (Å²) in [6.07, 6.45) is 2.16. The lowest BCUT2D eigenvalue weighted by atomic mass is 10.0. The number of nitrogens with zero attached hydrogens (tertiary/aromatic N) is 2. The summed E-state index contributed by atoms with van der Waals surface area (Å²) < 4.78 is 20.4. The summed E-state index contributed by atoms with van der Waals surface area (Å²) in [6.45, 7) is 0.175. The Labute approximate surface area is 191 Å². The topological polar surface area (TPSA) is 83.8 Å². The molecule has 1 aromatic heterocycles. The molecular weight excluding hydrogens is 425 g/mol. The van der Waals surface area contributed by atoms with E-state index in [1.165, 1.54) is 34.0 Å². The molecular formula is C25H26FN3O4. The summed E-state index contributed by atoms with van der Waals surface area (Å²) in [5, 5.41) is 10.4. The second-order valence-electron chi connectivity index (χ2n) is 8.06. The first-order valence-electron chi connectivity index (χ1n) is 10.8. The summed E-state index contributed by atoms with van der Waals surface area (Å²) in [7, 11) is 1.67. The van der Waals surface area contributed by atoms with Crippen molar-refractivity contribution in [3.05, 3.63) is 99.7 Å². The molecule has 2 heterocycles. The van der Waals surface area contributed by atoms with Gasteiger partial charge in [0.15, 0.2) is 11.4 Å². The molecule has 0 spiro atoms. The Bertz CT molecular complexity index is 1160. The fraction of sp³-hybridized carbons (Fsp3) is 0.280. The number of aliphatic hydroxyl groups is 1. The van der Waals surface area contributed by atoms with Gasteiger partial charge < -0.3 is 20.2 Å². The molecule has 0 bridgehead atoms. The van der Waals surface area contributed by atoms with Gasteiger partial charge in [-0.25, -0.2) is 4.39 Å². The van der Waals surface area contributed by atoms with E-state index in [-0.39, 0.29) is 41.4 Å². The summed E-state index contributed by atoms with van der Waals surface area (Å²) in [6, 6.07) is 16.6. The highest BCUT2D eigenvalue weighted by Gasteiger charge is 2.32. The molecule has 1 amide bonds. The minimum Gasteiger partial charge on any atom is -0.482 e. The number of carbonyl (C=O) groups is 1. The molecule has 0 radical (unpaired) electrons. The standard InChI is InChI=1S/C25H26FN3O4/c1-28-22(9-5-8-20(30)18-10-12-19(26)13-11-18)27-29-15-14-21(31)24(23(29)25(28)32)33-16-17-6-3-2-4-7-17/h2-4,6-7,10-15,20,22,27,30H,5,8-9,16H2,1H3. The SMILES string of the molecule is CN1C(=O)c2c(OCc3ccccc3)c(=O)ccn2NC1CCCC(O)c1ccc(F)cc1. The summed E-state index contributed by atoms with van der Waals surface area (Å²) in [4.78, 5) is 27.1. The Morgan fingerprint density at radius 1 is 1.09 bits per heavy atom. The van der Waals surface area contributed by atoms with Crippen LogP contribution in [0.3, 0.4) is 0 Å². The van der Waals surface area contributed by atoms with Gasteiger partial charge in [-0.2, -0.15) is 0 Å². The molecule has 0 aliphatic carbocycles. The maximum atomic E-state index is 13.1. The van der Waals surface area contributed by atoms with Crippen LogP contribution in [0.2, 0.25) is 0 Å². The Kier molecular flexibility index (Phi) is 6.74. The highest BCUT2D eigenvalue weighted by molar-refractivity contribution is 5.96. The fourth-order valence-corrected chi connectivity index (χ4v) is 3.87. The van der Waals surface area contributed by atoms with Gasteiger partial charge in [-0.1, -0.05) is 42.5 Å². The van der Waals surface area contributed by atoms with Crippen LogP contribution in [0.5, 0.6) is 5.75 Å². The van der Waals surface area contributed by atoms with Crippen LogP contribution in [0, 0.1) is 5.82 Å². The zero-order valence-electron chi connectivity index (χ0n) is 18.3. The van der Waals surface area contributed by atoms with Gasteiger partial charge >= 0.3 is 0 Å². The Morgan fingerprint density at radius 2 is 1.82 bits per heavy atom. The largest absolute Gasteiger partial charge is 0.482 e. The maximum Gasteiger partial charge on any atom is 0.277 e. The number of fused-ring (bicyclic) bond motifs is 1. The number of aromatic nitrogens is 1. The monoisotopic (exact) mass is 451 g/mol. The van der Waals surface area contributed by atoms with Crippen molar-refractivity contribution in [3.63, 3.8) is 0 Å². The number of amides is 1. The van der Waals surface area contributed by atoms with Crippen LogP contribution in [-0.2, 0) is 6.61 Å². The number of hydrogen-bond acceptors (Lipinski definition) is 5. The molecule has 1 aliphatic rings. The molecule has 1 aliphatic heterocycles. The number of ether oxygens (including phenoxy) is 1. The smallest absolute Gasteiger partial charge is 0.277 e. The van der Waals surface area contributed by atoms with Gasteiger partial charge in [0.2, 0.25) is 5.43 Å². The van der Waals surface area contributed by atoms with Crippen LogP contribution in [0.25, 0.3) is 0 Å². The number of nitrogens with one attached hydrogen (secondary N) is 1. The predicted molar refractivity (Wildman–Crippen MR) is 122 cm³/mol. The van der Waals surface area contributed by atoms with Crippen molar-refractivity contribution in [2.24, 2.45) is 0 Å². The second kappa shape index (κ2) is 9.87. The highest BCUT2D eigenvalue weighted by atomic mass is 19.1. The first kappa shape index (κ1) is 22.5. The van der Waals surface area contributed by atoms with Crippen LogP contribution in [0.4, 0.5) is 4.39 Å². The van der Waals surface area contributed by atoms with Crippen molar-refractivity contribution in [2.75, 3.05) is 12.5 Å². The lowest BCUT2D eigenvalue weighted by Crippen LogP contribution is -2.52. The van der Waals surface area contributed by atoms with E-state index in [0.29, 0.717) is 24.8 Å². The molecule has 2 aromatic carbocycles. The van der Waals surface area contributed by atoms with Gasteiger partial charge in [-0.05, 0) is 42.5 Å². The third-order valence-electron chi connectivity index (χ3n) is 5.77. The molecule has 33 heavy (non-hydrogen) atoms. The van der Waals surface area contributed by atoms with Crippen molar-refractivity contribution in [1.82, 2.24) is 9.58 Å². The van der Waals surface area contributed by atoms with E-state index in [4.69, 9.17) is 4.74 Å². The molecule has 0 saturated heterocycles. The third kappa shape index (κ3) is 5.06. The molecule has 4 rings (SSSR count). The first-order chi connectivity index (χ1) is 15.9. The van der Waals surface area contributed by atoms with Crippen LogP contribution < -0.4 is 15.6 Å². The number of carbonyl (C=O) groups excluding carboxylic acids is 1. The molecule has 7 nitrogen and oxygen atoms in total. The summed E-state index contributed by atoms with van der Waals surface area (Å²) >= 11 is 0. The summed E-state index contributed by atoms with van der Waals surface area (Å²) in [5.74, 6) is -0.656. The van der Waals surface area contributed by atoms with E-state index in [1.807, 2.05) is 30.3 Å². The van der Waals surface area contributed by atoms with Crippen molar-refractivity contribution in [2.45, 2.75) is 38.1 Å². The lowest BCUT2D eigenvalue weighted by molar-refractivity contribution is 0.0672. The second-order valence-corrected chi connectivity index (χ2v) is 8.06. The number of aliphatic hydroxyl groups excluding tert-OH is 1. The minimum absolute atomic E-state index is 0.0101. The quantitative estimate of drug-likeness (QED) is 0.548. The van der Waals surface area contributed by atoms with Crippen molar-refractivity contribution in [1.29, 1.82) is 0 Å². The third-order valence-corrected chi connectivity index (χ3v) is 5.77. The number of pyridine rings is 1. The van der Waals surface area contributed by atoms with E-state index in [1.54, 1.807) is 19.2 Å². The van der Waals surface area contributed by atoms with Gasteiger partial charge in [0.1, 0.15) is 18.6 Å². The number of hydrogen-bond donors (Lipinski definition) is 2. The van der Waals surface area contributed by atoms with Crippen molar-refractivity contribution < 1.29 is 19.0 Å². The van der Waals surface area contributed by atoms with E-state index in [2.05, 4.69) is 5.43 Å². The van der Waals surface area contributed by atoms with Gasteiger partial charge in [0, 0.05) is 19.3 Å². The lowest BCUT2D eigenvalue weighted by Gasteiger charge is -2.37. The molecule has 2 N–H and O–H groups in total.